The fourth-order valence-electron chi connectivity index (χ4n) is 1.59. The molecule has 15 heavy (non-hydrogen) atoms. The van der Waals surface area contributed by atoms with Gasteiger partial charge in [-0.1, -0.05) is 6.42 Å². The third kappa shape index (κ3) is 3.67. The van der Waals surface area contributed by atoms with Gasteiger partial charge in [-0.2, -0.15) is 4.98 Å². The molecule has 0 unspecified atom stereocenters. The lowest BCUT2D eigenvalue weighted by Gasteiger charge is -2.08. The number of aromatic nitrogens is 2. The Morgan fingerprint density at radius 2 is 2.07 bits per heavy atom. The SMILES string of the molecule is Cc1cc(C)n(CCCCCCl)c(=O)n1. The van der Waals surface area contributed by atoms with E-state index in [2.05, 4.69) is 4.98 Å². The zero-order valence-corrected chi connectivity index (χ0v) is 10.0. The quantitative estimate of drug-likeness (QED) is 0.573. The van der Waals surface area contributed by atoms with Crippen LogP contribution in [0.15, 0.2) is 10.9 Å². The van der Waals surface area contributed by atoms with Crippen molar-refractivity contribution < 1.29 is 0 Å². The summed E-state index contributed by atoms with van der Waals surface area (Å²) in [5.74, 6) is 0.694. The Morgan fingerprint density at radius 1 is 1.33 bits per heavy atom. The lowest BCUT2D eigenvalue weighted by atomic mass is 10.2. The fraction of sp³-hybridized carbons (Fsp3) is 0.636. The molecule has 0 aromatic carbocycles. The van der Waals surface area contributed by atoms with E-state index in [1.54, 1.807) is 4.57 Å². The summed E-state index contributed by atoms with van der Waals surface area (Å²) in [6.45, 7) is 4.53. The molecule has 84 valence electrons. The molecule has 0 bridgehead atoms. The highest BCUT2D eigenvalue weighted by Gasteiger charge is 2.01. The largest absolute Gasteiger partial charge is 0.347 e. The van der Waals surface area contributed by atoms with Gasteiger partial charge in [-0.05, 0) is 32.8 Å². The molecule has 0 aliphatic heterocycles. The molecule has 0 saturated heterocycles. The monoisotopic (exact) mass is 228 g/mol. The van der Waals surface area contributed by atoms with Crippen molar-refractivity contribution in [3.05, 3.63) is 27.9 Å². The molecule has 0 radical (unpaired) electrons. The van der Waals surface area contributed by atoms with Crippen LogP contribution in [-0.2, 0) is 6.54 Å². The summed E-state index contributed by atoms with van der Waals surface area (Å²) in [7, 11) is 0. The van der Waals surface area contributed by atoms with E-state index in [0.29, 0.717) is 5.88 Å². The van der Waals surface area contributed by atoms with Crippen LogP contribution in [-0.4, -0.2) is 15.4 Å². The molecule has 0 N–H and O–H groups in total. The van der Waals surface area contributed by atoms with Crippen molar-refractivity contribution in [2.24, 2.45) is 0 Å². The first kappa shape index (κ1) is 12.2. The van der Waals surface area contributed by atoms with Crippen molar-refractivity contribution >= 4 is 11.6 Å². The van der Waals surface area contributed by atoms with Gasteiger partial charge < -0.3 is 0 Å². The van der Waals surface area contributed by atoms with Crippen molar-refractivity contribution in [1.29, 1.82) is 0 Å². The maximum Gasteiger partial charge on any atom is 0.347 e. The Bertz CT molecular complexity index is 373. The number of unbranched alkanes of at least 4 members (excludes halogenated alkanes) is 2. The topological polar surface area (TPSA) is 34.9 Å². The minimum Gasteiger partial charge on any atom is -0.297 e. The summed E-state index contributed by atoms with van der Waals surface area (Å²) in [6.07, 6.45) is 3.05. The Hall–Kier alpha value is -0.830. The average Bonchev–Trinajstić information content (AvgIpc) is 2.15. The fourth-order valence-corrected chi connectivity index (χ4v) is 1.78. The minimum absolute atomic E-state index is 0.140. The summed E-state index contributed by atoms with van der Waals surface area (Å²) in [5.41, 5.74) is 1.63. The van der Waals surface area contributed by atoms with Crippen molar-refractivity contribution in [2.75, 3.05) is 5.88 Å². The second kappa shape index (κ2) is 5.91. The first-order valence-corrected chi connectivity index (χ1v) is 5.79. The highest BCUT2D eigenvalue weighted by molar-refractivity contribution is 6.17. The first-order chi connectivity index (χ1) is 7.15. The Labute approximate surface area is 95.1 Å². The number of rotatable bonds is 5. The van der Waals surface area contributed by atoms with Gasteiger partial charge in [0.2, 0.25) is 0 Å². The average molecular weight is 229 g/mol. The normalized spacial score (nSPS) is 10.6. The van der Waals surface area contributed by atoms with Crippen LogP contribution >= 0.6 is 11.6 Å². The van der Waals surface area contributed by atoms with Crippen LogP contribution in [0.25, 0.3) is 0 Å². The molecule has 0 saturated carbocycles. The standard InChI is InChI=1S/C11H17ClN2O/c1-9-8-10(2)14(11(15)13-9)7-5-3-4-6-12/h8H,3-7H2,1-2H3. The highest BCUT2D eigenvalue weighted by atomic mass is 35.5. The Kier molecular flexibility index (Phi) is 4.82. The Morgan fingerprint density at radius 3 is 2.67 bits per heavy atom. The van der Waals surface area contributed by atoms with Crippen LogP contribution in [0.2, 0.25) is 0 Å². The molecule has 0 aliphatic carbocycles. The van der Waals surface area contributed by atoms with Gasteiger partial charge in [0.05, 0.1) is 0 Å². The Balaban J connectivity index is 2.65. The lowest BCUT2D eigenvalue weighted by molar-refractivity contribution is 0.564. The predicted octanol–water partition coefficient (Wildman–Crippen LogP) is 2.27. The molecule has 0 aliphatic rings. The zero-order valence-electron chi connectivity index (χ0n) is 9.29. The van der Waals surface area contributed by atoms with Gasteiger partial charge in [0.25, 0.3) is 0 Å². The van der Waals surface area contributed by atoms with Crippen LogP contribution in [0.4, 0.5) is 0 Å². The predicted molar refractivity (Wildman–Crippen MR) is 62.5 cm³/mol. The van der Waals surface area contributed by atoms with E-state index < -0.39 is 0 Å². The van der Waals surface area contributed by atoms with Crippen LogP contribution < -0.4 is 5.69 Å². The van der Waals surface area contributed by atoms with Crippen LogP contribution in [0.5, 0.6) is 0 Å². The lowest BCUT2D eigenvalue weighted by Crippen LogP contribution is -2.25. The molecule has 0 atom stereocenters. The van der Waals surface area contributed by atoms with Gasteiger partial charge in [0.1, 0.15) is 0 Å². The van der Waals surface area contributed by atoms with Crippen LogP contribution in [0, 0.1) is 13.8 Å². The van der Waals surface area contributed by atoms with Crippen molar-refractivity contribution in [3.63, 3.8) is 0 Å². The third-order valence-electron chi connectivity index (χ3n) is 2.36. The molecule has 1 heterocycles. The van der Waals surface area contributed by atoms with Crippen molar-refractivity contribution in [3.8, 4) is 0 Å². The second-order valence-corrected chi connectivity index (χ2v) is 4.10. The molecule has 3 nitrogen and oxygen atoms in total. The number of hydrogen-bond acceptors (Lipinski definition) is 2. The third-order valence-corrected chi connectivity index (χ3v) is 2.63. The highest BCUT2D eigenvalue weighted by Crippen LogP contribution is 2.02. The van der Waals surface area contributed by atoms with Crippen LogP contribution in [0.3, 0.4) is 0 Å². The summed E-state index contributed by atoms with van der Waals surface area (Å²) >= 11 is 5.59. The van der Waals surface area contributed by atoms with E-state index in [-0.39, 0.29) is 5.69 Å². The maximum atomic E-state index is 11.6. The number of alkyl halides is 1. The number of halogens is 1. The second-order valence-electron chi connectivity index (χ2n) is 3.72. The van der Waals surface area contributed by atoms with Gasteiger partial charge in [0, 0.05) is 23.8 Å². The number of aryl methyl sites for hydroxylation is 2. The molecule has 0 fully saturated rings. The molecule has 0 spiro atoms. The van der Waals surface area contributed by atoms with Gasteiger partial charge in [0.15, 0.2) is 0 Å². The molecule has 4 heteroatoms. The van der Waals surface area contributed by atoms with E-state index in [4.69, 9.17) is 11.6 Å². The first-order valence-electron chi connectivity index (χ1n) is 5.26. The van der Waals surface area contributed by atoms with E-state index in [0.717, 1.165) is 37.2 Å². The van der Waals surface area contributed by atoms with Gasteiger partial charge >= 0.3 is 5.69 Å². The minimum atomic E-state index is -0.140. The smallest absolute Gasteiger partial charge is 0.297 e. The van der Waals surface area contributed by atoms with Crippen LogP contribution in [0.1, 0.15) is 30.7 Å². The van der Waals surface area contributed by atoms with Gasteiger partial charge in [-0.25, -0.2) is 4.79 Å². The summed E-state index contributed by atoms with van der Waals surface area (Å²) in [5, 5.41) is 0. The molecule has 1 aromatic heterocycles. The van der Waals surface area contributed by atoms with Crippen molar-refractivity contribution in [2.45, 2.75) is 39.7 Å². The van der Waals surface area contributed by atoms with Crippen molar-refractivity contribution in [1.82, 2.24) is 9.55 Å². The number of hydrogen-bond donors (Lipinski definition) is 0. The maximum absolute atomic E-state index is 11.6. The molecule has 1 aromatic rings. The molecule has 1 rings (SSSR count). The van der Waals surface area contributed by atoms with Gasteiger partial charge in [-0.15, -0.1) is 11.6 Å². The molecular weight excluding hydrogens is 212 g/mol. The number of nitrogens with zero attached hydrogens (tertiary/aromatic N) is 2. The van der Waals surface area contributed by atoms with E-state index in [1.807, 2.05) is 19.9 Å². The summed E-state index contributed by atoms with van der Waals surface area (Å²) in [6, 6.07) is 1.93. The summed E-state index contributed by atoms with van der Waals surface area (Å²) < 4.78 is 1.72. The zero-order chi connectivity index (χ0) is 11.3. The van der Waals surface area contributed by atoms with E-state index in [9.17, 15) is 4.79 Å². The van der Waals surface area contributed by atoms with Gasteiger partial charge in [-0.3, -0.25) is 4.57 Å². The molecule has 0 amide bonds. The van der Waals surface area contributed by atoms with E-state index >= 15 is 0 Å². The van der Waals surface area contributed by atoms with E-state index in [1.165, 1.54) is 0 Å². The summed E-state index contributed by atoms with van der Waals surface area (Å²) in [4.78, 5) is 15.5. The molecular formula is C11H17ClN2O.